The standard InChI is InChI=1S/C17H21NSSi/c1-20(2,3)19-17-11-7-10-16(12-17)14-18-13-15-8-5-4-6-9-15/h4-12,14H,13H2,1-3H3/b18-14+. The summed E-state index contributed by atoms with van der Waals surface area (Å²) in [6.45, 7) is 7.85. The zero-order chi connectivity index (χ0) is 14.4. The fourth-order valence-corrected chi connectivity index (χ4v) is 5.40. The second kappa shape index (κ2) is 6.91. The highest BCUT2D eigenvalue weighted by Crippen LogP contribution is 2.29. The first-order valence-corrected chi connectivity index (χ1v) is 11.9. The second-order valence-corrected chi connectivity index (χ2v) is 14.9. The van der Waals surface area contributed by atoms with Crippen LogP contribution in [0.15, 0.2) is 64.5 Å². The van der Waals surface area contributed by atoms with Crippen molar-refractivity contribution in [2.75, 3.05) is 0 Å². The van der Waals surface area contributed by atoms with Gasteiger partial charge in [0.25, 0.3) is 0 Å². The molecule has 0 N–H and O–H groups in total. The van der Waals surface area contributed by atoms with Gasteiger partial charge in [-0.05, 0) is 23.3 Å². The molecule has 0 heterocycles. The van der Waals surface area contributed by atoms with E-state index in [0.717, 1.165) is 6.54 Å². The third kappa shape index (κ3) is 5.35. The average molecular weight is 300 g/mol. The normalized spacial score (nSPS) is 11.9. The molecule has 0 spiro atoms. The Morgan fingerprint density at radius 1 is 1.00 bits per heavy atom. The van der Waals surface area contributed by atoms with Gasteiger partial charge in [-0.3, -0.25) is 4.99 Å². The molecule has 20 heavy (non-hydrogen) atoms. The molecule has 0 aliphatic heterocycles. The van der Waals surface area contributed by atoms with Gasteiger partial charge in [0.1, 0.15) is 7.22 Å². The van der Waals surface area contributed by atoms with Crippen LogP contribution in [-0.2, 0) is 6.54 Å². The average Bonchev–Trinajstić information content (AvgIpc) is 2.38. The lowest BCUT2D eigenvalue weighted by molar-refractivity contribution is 1.08. The molecule has 0 radical (unpaired) electrons. The minimum absolute atomic E-state index is 0.742. The van der Waals surface area contributed by atoms with E-state index in [9.17, 15) is 0 Å². The molecule has 2 rings (SSSR count). The molecule has 0 fully saturated rings. The Morgan fingerprint density at radius 2 is 1.75 bits per heavy atom. The van der Waals surface area contributed by atoms with Crippen molar-refractivity contribution < 1.29 is 0 Å². The minimum atomic E-state index is -1.13. The zero-order valence-electron chi connectivity index (χ0n) is 12.3. The molecule has 0 unspecified atom stereocenters. The maximum absolute atomic E-state index is 4.53. The van der Waals surface area contributed by atoms with Gasteiger partial charge in [-0.2, -0.15) is 11.2 Å². The smallest absolute Gasteiger partial charge is 0.114 e. The van der Waals surface area contributed by atoms with Gasteiger partial charge < -0.3 is 0 Å². The van der Waals surface area contributed by atoms with Crippen molar-refractivity contribution in [1.82, 2.24) is 0 Å². The van der Waals surface area contributed by atoms with Gasteiger partial charge in [0.05, 0.1) is 6.54 Å². The van der Waals surface area contributed by atoms with E-state index in [1.807, 2.05) is 23.5 Å². The Kier molecular flexibility index (Phi) is 5.21. The molecule has 3 heteroatoms. The molecule has 2 aromatic rings. The van der Waals surface area contributed by atoms with Crippen LogP contribution >= 0.6 is 11.2 Å². The van der Waals surface area contributed by atoms with Gasteiger partial charge >= 0.3 is 0 Å². The minimum Gasteiger partial charge on any atom is -0.288 e. The number of hydrogen-bond donors (Lipinski definition) is 0. The van der Waals surface area contributed by atoms with E-state index < -0.39 is 7.22 Å². The highest BCUT2D eigenvalue weighted by molar-refractivity contribution is 8.28. The molecule has 0 aliphatic carbocycles. The summed E-state index contributed by atoms with van der Waals surface area (Å²) in [7, 11) is -1.13. The van der Waals surface area contributed by atoms with Crippen LogP contribution in [0.4, 0.5) is 0 Å². The van der Waals surface area contributed by atoms with Gasteiger partial charge in [-0.1, -0.05) is 62.1 Å². The summed E-state index contributed by atoms with van der Waals surface area (Å²) >= 11 is 2.02. The van der Waals surface area contributed by atoms with E-state index in [2.05, 4.69) is 73.2 Å². The van der Waals surface area contributed by atoms with Crippen LogP contribution in [0.1, 0.15) is 11.1 Å². The van der Waals surface area contributed by atoms with Crippen LogP contribution < -0.4 is 0 Å². The Morgan fingerprint density at radius 3 is 2.45 bits per heavy atom. The lowest BCUT2D eigenvalue weighted by atomic mass is 10.2. The highest BCUT2D eigenvalue weighted by atomic mass is 32.4. The number of rotatable bonds is 5. The van der Waals surface area contributed by atoms with Crippen LogP contribution in [0.25, 0.3) is 0 Å². The molecule has 1 nitrogen and oxygen atoms in total. The van der Waals surface area contributed by atoms with E-state index in [1.165, 1.54) is 16.0 Å². The van der Waals surface area contributed by atoms with Crippen LogP contribution in [0.2, 0.25) is 19.6 Å². The predicted molar refractivity (Wildman–Crippen MR) is 93.4 cm³/mol. The molecule has 0 saturated carbocycles. The molecule has 0 atom stereocenters. The molecule has 0 aliphatic rings. The van der Waals surface area contributed by atoms with E-state index >= 15 is 0 Å². The third-order valence-electron chi connectivity index (χ3n) is 2.64. The number of aliphatic imine (C=N–C) groups is 1. The second-order valence-electron chi connectivity index (χ2n) is 5.74. The van der Waals surface area contributed by atoms with E-state index in [1.54, 1.807) is 0 Å². The van der Waals surface area contributed by atoms with Crippen molar-refractivity contribution >= 4 is 24.6 Å². The number of nitrogens with zero attached hydrogens (tertiary/aromatic N) is 1. The SMILES string of the molecule is C[Si](C)(C)Sc1cccc(/C=N/Cc2ccccc2)c1. The Balaban J connectivity index is 2.01. The van der Waals surface area contributed by atoms with Gasteiger partial charge in [0.15, 0.2) is 0 Å². The summed E-state index contributed by atoms with van der Waals surface area (Å²) in [4.78, 5) is 5.88. The Labute approximate surface area is 126 Å². The first kappa shape index (κ1) is 15.1. The Bertz CT molecular complexity index is 573. The van der Waals surface area contributed by atoms with Gasteiger partial charge in [-0.25, -0.2) is 0 Å². The summed E-state index contributed by atoms with van der Waals surface area (Å²) in [6, 6.07) is 19.0. The van der Waals surface area contributed by atoms with Crippen molar-refractivity contribution in [3.8, 4) is 0 Å². The van der Waals surface area contributed by atoms with E-state index in [-0.39, 0.29) is 0 Å². The van der Waals surface area contributed by atoms with Crippen LogP contribution in [0.5, 0.6) is 0 Å². The predicted octanol–water partition coefficient (Wildman–Crippen LogP) is 5.23. The van der Waals surface area contributed by atoms with E-state index in [0.29, 0.717) is 0 Å². The van der Waals surface area contributed by atoms with E-state index in [4.69, 9.17) is 0 Å². The molecule has 0 bridgehead atoms. The summed E-state index contributed by atoms with van der Waals surface area (Å²) in [5, 5.41) is 0. The molecule has 0 aromatic heterocycles. The summed E-state index contributed by atoms with van der Waals surface area (Å²) < 4.78 is 0. The molecule has 2 aromatic carbocycles. The molecule has 0 saturated heterocycles. The largest absolute Gasteiger partial charge is 0.288 e. The highest BCUT2D eigenvalue weighted by Gasteiger charge is 2.14. The Hall–Kier alpha value is -1.32. The maximum atomic E-state index is 4.53. The topological polar surface area (TPSA) is 12.4 Å². The van der Waals surface area contributed by atoms with Gasteiger partial charge in [0, 0.05) is 11.1 Å². The zero-order valence-corrected chi connectivity index (χ0v) is 14.2. The van der Waals surface area contributed by atoms with Crippen molar-refractivity contribution in [2.24, 2.45) is 4.99 Å². The maximum Gasteiger partial charge on any atom is 0.114 e. The molecule has 0 amide bonds. The lowest BCUT2D eigenvalue weighted by Gasteiger charge is -2.15. The van der Waals surface area contributed by atoms with Crippen molar-refractivity contribution in [3.05, 3.63) is 65.7 Å². The van der Waals surface area contributed by atoms with Crippen LogP contribution in [-0.4, -0.2) is 13.4 Å². The first-order valence-electron chi connectivity index (χ1n) is 6.86. The van der Waals surface area contributed by atoms with Crippen molar-refractivity contribution in [1.29, 1.82) is 0 Å². The summed E-state index contributed by atoms with van der Waals surface area (Å²) in [6.07, 6.45) is 1.97. The van der Waals surface area contributed by atoms with Gasteiger partial charge in [-0.15, -0.1) is 0 Å². The summed E-state index contributed by atoms with van der Waals surface area (Å²) in [5.74, 6) is 0. The number of benzene rings is 2. The van der Waals surface area contributed by atoms with Crippen LogP contribution in [0.3, 0.4) is 0 Å². The third-order valence-corrected chi connectivity index (χ3v) is 6.29. The fraction of sp³-hybridized carbons (Fsp3) is 0.235. The van der Waals surface area contributed by atoms with Crippen LogP contribution in [0, 0.1) is 0 Å². The summed E-state index contributed by atoms with van der Waals surface area (Å²) in [5.41, 5.74) is 2.43. The molecular weight excluding hydrogens is 278 g/mol. The van der Waals surface area contributed by atoms with Gasteiger partial charge in [0.2, 0.25) is 0 Å². The van der Waals surface area contributed by atoms with Crippen molar-refractivity contribution in [2.45, 2.75) is 31.1 Å². The quantitative estimate of drug-likeness (QED) is 0.544. The first-order chi connectivity index (χ1) is 9.53. The monoisotopic (exact) mass is 299 g/mol. The fourth-order valence-electron chi connectivity index (χ4n) is 1.85. The van der Waals surface area contributed by atoms with Crippen molar-refractivity contribution in [3.63, 3.8) is 0 Å². The lowest BCUT2D eigenvalue weighted by Crippen LogP contribution is -2.13. The molecular formula is C17H21NSSi. The number of hydrogen-bond acceptors (Lipinski definition) is 2. The molecule has 104 valence electrons.